The van der Waals surface area contributed by atoms with Gasteiger partial charge in [-0.15, -0.1) is 0 Å². The Morgan fingerprint density at radius 3 is 2.78 bits per heavy atom. The molecule has 0 amide bonds. The number of aromatic hydroxyl groups is 1. The maximum Gasteiger partial charge on any atom is 0.208 e. The van der Waals surface area contributed by atoms with Gasteiger partial charge in [0.1, 0.15) is 0 Å². The van der Waals surface area contributed by atoms with E-state index in [1.54, 1.807) is 6.07 Å². The molecule has 2 N–H and O–H groups in total. The molecule has 1 aliphatic heterocycles. The zero-order valence-corrected chi connectivity index (χ0v) is 11.8. The van der Waals surface area contributed by atoms with Gasteiger partial charge < -0.3 is 15.2 Å². The summed E-state index contributed by atoms with van der Waals surface area (Å²) in [4.78, 5) is 2.17. The number of benzene rings is 1. The highest BCUT2D eigenvalue weighted by atomic mass is 79.9. The first-order chi connectivity index (χ1) is 8.63. The van der Waals surface area contributed by atoms with Crippen LogP contribution in [0.4, 0.5) is 4.39 Å². The smallest absolute Gasteiger partial charge is 0.208 e. The van der Waals surface area contributed by atoms with Crippen LogP contribution in [0.5, 0.6) is 11.5 Å². The van der Waals surface area contributed by atoms with E-state index in [9.17, 15) is 9.50 Å². The molecule has 1 saturated heterocycles. The molecule has 1 fully saturated rings. The number of piperazine rings is 1. The highest BCUT2D eigenvalue weighted by Crippen LogP contribution is 2.36. The predicted molar refractivity (Wildman–Crippen MR) is 70.5 cm³/mol. The monoisotopic (exact) mass is 318 g/mol. The van der Waals surface area contributed by atoms with Crippen molar-refractivity contribution in [1.82, 2.24) is 10.2 Å². The van der Waals surface area contributed by atoms with Crippen LogP contribution in [0.15, 0.2) is 10.5 Å². The van der Waals surface area contributed by atoms with E-state index < -0.39 is 5.82 Å². The third kappa shape index (κ3) is 2.76. The van der Waals surface area contributed by atoms with Crippen LogP contribution in [-0.2, 0) is 6.54 Å². The van der Waals surface area contributed by atoms with E-state index in [1.807, 2.05) is 0 Å². The van der Waals surface area contributed by atoms with Crippen molar-refractivity contribution in [3.8, 4) is 11.5 Å². The first-order valence-electron chi connectivity index (χ1n) is 5.80. The zero-order valence-electron chi connectivity index (χ0n) is 10.2. The number of nitrogens with one attached hydrogen (secondary N) is 1. The second kappa shape index (κ2) is 5.86. The molecule has 0 saturated carbocycles. The summed E-state index contributed by atoms with van der Waals surface area (Å²) < 4.78 is 19.3. The Kier molecular flexibility index (Phi) is 4.42. The first kappa shape index (κ1) is 13.6. The number of ether oxygens (including phenoxy) is 1. The number of halogens is 2. The minimum absolute atomic E-state index is 0.0385. The molecule has 1 heterocycles. The highest BCUT2D eigenvalue weighted by Gasteiger charge is 2.19. The molecular formula is C12H16BrFN2O2. The lowest BCUT2D eigenvalue weighted by Gasteiger charge is -2.27. The van der Waals surface area contributed by atoms with Crippen molar-refractivity contribution >= 4 is 15.9 Å². The van der Waals surface area contributed by atoms with Crippen molar-refractivity contribution in [1.29, 1.82) is 0 Å². The van der Waals surface area contributed by atoms with Crippen molar-refractivity contribution in [3.05, 3.63) is 21.9 Å². The average molecular weight is 319 g/mol. The summed E-state index contributed by atoms with van der Waals surface area (Å²) in [5, 5.41) is 13.1. The van der Waals surface area contributed by atoms with Crippen LogP contribution < -0.4 is 10.1 Å². The number of rotatable bonds is 3. The van der Waals surface area contributed by atoms with Gasteiger partial charge in [-0.3, -0.25) is 4.90 Å². The van der Waals surface area contributed by atoms with E-state index in [0.717, 1.165) is 26.2 Å². The van der Waals surface area contributed by atoms with Crippen LogP contribution in [0.3, 0.4) is 0 Å². The number of hydrogen-bond acceptors (Lipinski definition) is 4. The number of nitrogens with zero attached hydrogens (tertiary/aromatic N) is 1. The van der Waals surface area contributed by atoms with Gasteiger partial charge >= 0.3 is 0 Å². The van der Waals surface area contributed by atoms with Gasteiger partial charge in [-0.1, -0.05) is 0 Å². The van der Waals surface area contributed by atoms with E-state index in [1.165, 1.54) is 7.11 Å². The fraction of sp³-hybridized carbons (Fsp3) is 0.500. The SMILES string of the molecule is COc1c(Br)cc(CN2CCNCC2)c(O)c1F. The summed E-state index contributed by atoms with van der Waals surface area (Å²) in [6.45, 7) is 4.16. The maximum absolute atomic E-state index is 13.8. The molecule has 0 radical (unpaired) electrons. The molecule has 100 valence electrons. The second-order valence-corrected chi connectivity index (χ2v) is 5.09. The minimum atomic E-state index is -0.711. The van der Waals surface area contributed by atoms with E-state index in [-0.39, 0.29) is 11.5 Å². The molecule has 0 spiro atoms. The third-order valence-corrected chi connectivity index (χ3v) is 3.63. The van der Waals surface area contributed by atoms with Crippen LogP contribution >= 0.6 is 15.9 Å². The molecule has 1 aromatic carbocycles. The maximum atomic E-state index is 13.8. The number of hydrogen-bond donors (Lipinski definition) is 2. The van der Waals surface area contributed by atoms with Gasteiger partial charge in [-0.2, -0.15) is 4.39 Å². The molecular weight excluding hydrogens is 303 g/mol. The standard InChI is InChI=1S/C12H16BrFN2O2/c1-18-12-9(13)6-8(11(17)10(12)14)7-16-4-2-15-3-5-16/h6,15,17H,2-5,7H2,1H3. The molecule has 18 heavy (non-hydrogen) atoms. The van der Waals surface area contributed by atoms with Gasteiger partial charge in [-0.05, 0) is 22.0 Å². The average Bonchev–Trinajstić information content (AvgIpc) is 2.37. The molecule has 0 unspecified atom stereocenters. The first-order valence-corrected chi connectivity index (χ1v) is 6.59. The minimum Gasteiger partial charge on any atom is -0.504 e. The number of phenols is 1. The van der Waals surface area contributed by atoms with Crippen molar-refractivity contribution in [3.63, 3.8) is 0 Å². The Labute approximate surface area is 114 Å². The Morgan fingerprint density at radius 1 is 1.50 bits per heavy atom. The molecule has 4 nitrogen and oxygen atoms in total. The summed E-state index contributed by atoms with van der Waals surface area (Å²) in [5.74, 6) is -0.998. The van der Waals surface area contributed by atoms with Gasteiger partial charge in [0.2, 0.25) is 5.82 Å². The van der Waals surface area contributed by atoms with Crippen LogP contribution in [-0.4, -0.2) is 43.3 Å². The summed E-state index contributed by atoms with van der Waals surface area (Å²) in [5.41, 5.74) is 0.571. The predicted octanol–water partition coefficient (Wildman–Crippen LogP) is 1.71. The van der Waals surface area contributed by atoms with Gasteiger partial charge in [-0.25, -0.2) is 0 Å². The third-order valence-electron chi connectivity index (χ3n) is 3.04. The normalized spacial score (nSPS) is 16.8. The van der Waals surface area contributed by atoms with E-state index in [0.29, 0.717) is 16.6 Å². The van der Waals surface area contributed by atoms with Crippen LogP contribution in [0.1, 0.15) is 5.56 Å². The molecule has 0 atom stereocenters. The van der Waals surface area contributed by atoms with Crippen molar-refractivity contribution in [2.24, 2.45) is 0 Å². The number of methoxy groups -OCH3 is 1. The summed E-state index contributed by atoms with van der Waals surface area (Å²) in [6, 6.07) is 1.71. The lowest BCUT2D eigenvalue weighted by atomic mass is 10.1. The lowest BCUT2D eigenvalue weighted by molar-refractivity contribution is 0.229. The van der Waals surface area contributed by atoms with Gasteiger partial charge in [0.05, 0.1) is 11.6 Å². The fourth-order valence-corrected chi connectivity index (χ4v) is 2.67. The topological polar surface area (TPSA) is 44.7 Å². The largest absolute Gasteiger partial charge is 0.504 e. The summed E-state index contributed by atoms with van der Waals surface area (Å²) >= 11 is 3.25. The quantitative estimate of drug-likeness (QED) is 0.890. The second-order valence-electron chi connectivity index (χ2n) is 4.24. The molecule has 1 aliphatic rings. The van der Waals surface area contributed by atoms with Gasteiger partial charge in [0, 0.05) is 38.3 Å². The molecule has 6 heteroatoms. The molecule has 1 aromatic rings. The Balaban J connectivity index is 2.22. The van der Waals surface area contributed by atoms with E-state index in [2.05, 4.69) is 26.1 Å². The zero-order chi connectivity index (χ0) is 13.1. The van der Waals surface area contributed by atoms with E-state index >= 15 is 0 Å². The van der Waals surface area contributed by atoms with Crippen molar-refractivity contribution in [2.45, 2.75) is 6.54 Å². The van der Waals surface area contributed by atoms with Crippen LogP contribution in [0.2, 0.25) is 0 Å². The molecule has 0 bridgehead atoms. The van der Waals surface area contributed by atoms with Crippen molar-refractivity contribution < 1.29 is 14.2 Å². The summed E-state index contributed by atoms with van der Waals surface area (Å²) in [6.07, 6.45) is 0. The highest BCUT2D eigenvalue weighted by molar-refractivity contribution is 9.10. The van der Waals surface area contributed by atoms with Crippen LogP contribution in [0.25, 0.3) is 0 Å². The molecule has 2 rings (SSSR count). The van der Waals surface area contributed by atoms with Crippen molar-refractivity contribution in [2.75, 3.05) is 33.3 Å². The fourth-order valence-electron chi connectivity index (χ4n) is 2.06. The lowest BCUT2D eigenvalue weighted by Crippen LogP contribution is -2.42. The molecule has 0 aliphatic carbocycles. The van der Waals surface area contributed by atoms with Gasteiger partial charge in [0.15, 0.2) is 11.5 Å². The van der Waals surface area contributed by atoms with E-state index in [4.69, 9.17) is 4.74 Å². The summed E-state index contributed by atoms with van der Waals surface area (Å²) in [7, 11) is 1.37. The Morgan fingerprint density at radius 2 is 2.17 bits per heavy atom. The molecule has 0 aromatic heterocycles. The van der Waals surface area contributed by atoms with Crippen LogP contribution in [0, 0.1) is 5.82 Å². The van der Waals surface area contributed by atoms with Gasteiger partial charge in [0.25, 0.3) is 0 Å². The Hall–Kier alpha value is -0.850. The Bertz CT molecular complexity index is 437. The number of phenolic OH excluding ortho intramolecular Hbond substituents is 1.